The van der Waals surface area contributed by atoms with Crippen molar-refractivity contribution < 1.29 is 0 Å². The fourth-order valence-electron chi connectivity index (χ4n) is 2.65. The van der Waals surface area contributed by atoms with E-state index in [2.05, 4.69) is 26.8 Å². The van der Waals surface area contributed by atoms with Crippen molar-refractivity contribution >= 4 is 0 Å². The van der Waals surface area contributed by atoms with E-state index in [1.807, 2.05) is 0 Å². The zero-order valence-corrected chi connectivity index (χ0v) is 14.0. The molecule has 19 heavy (non-hydrogen) atoms. The topological polar surface area (TPSA) is 0 Å². The van der Waals surface area contributed by atoms with Crippen molar-refractivity contribution in [2.75, 3.05) is 0 Å². The van der Waals surface area contributed by atoms with Gasteiger partial charge in [0.1, 0.15) is 0 Å². The van der Waals surface area contributed by atoms with Gasteiger partial charge in [-0.1, -0.05) is 96.1 Å². The fraction of sp³-hybridized carbons (Fsp3) is 0.895. The first kappa shape index (κ1) is 18.7. The molecule has 0 aromatic rings. The van der Waals surface area contributed by atoms with Gasteiger partial charge in [0.25, 0.3) is 0 Å². The SMILES string of the molecule is CCCCCCCCCCCCC/C=C(\C)CCC. The largest absolute Gasteiger partial charge is 0.0856 e. The molecule has 0 unspecified atom stereocenters. The summed E-state index contributed by atoms with van der Waals surface area (Å²) in [6.07, 6.45) is 22.2. The molecule has 0 aliphatic carbocycles. The Labute approximate surface area is 123 Å². The van der Waals surface area contributed by atoms with Crippen LogP contribution >= 0.6 is 0 Å². The maximum Gasteiger partial charge on any atom is -0.0326 e. The zero-order chi connectivity index (χ0) is 14.2. The van der Waals surface area contributed by atoms with Crippen LogP contribution in [0.15, 0.2) is 11.6 Å². The second kappa shape index (κ2) is 15.8. The molecule has 0 saturated carbocycles. The molecule has 0 spiro atoms. The molecular weight excluding hydrogens is 228 g/mol. The summed E-state index contributed by atoms with van der Waals surface area (Å²) < 4.78 is 0. The molecule has 0 nitrogen and oxygen atoms in total. The van der Waals surface area contributed by atoms with Crippen LogP contribution in [0.4, 0.5) is 0 Å². The van der Waals surface area contributed by atoms with Crippen LogP contribution in [0.25, 0.3) is 0 Å². The van der Waals surface area contributed by atoms with Crippen LogP contribution in [0, 0.1) is 0 Å². The highest BCUT2D eigenvalue weighted by Gasteiger charge is 1.93. The van der Waals surface area contributed by atoms with Crippen molar-refractivity contribution in [1.29, 1.82) is 0 Å². The van der Waals surface area contributed by atoms with E-state index in [4.69, 9.17) is 0 Å². The molecule has 0 saturated heterocycles. The summed E-state index contributed by atoms with van der Waals surface area (Å²) in [6.45, 7) is 6.83. The molecule has 0 heteroatoms. The Kier molecular flexibility index (Phi) is 15.6. The Hall–Kier alpha value is -0.260. The molecule has 114 valence electrons. The van der Waals surface area contributed by atoms with Crippen LogP contribution in [-0.2, 0) is 0 Å². The predicted molar refractivity (Wildman–Crippen MR) is 89.7 cm³/mol. The summed E-state index contributed by atoms with van der Waals surface area (Å²) in [4.78, 5) is 0. The Balaban J connectivity index is 3.08. The van der Waals surface area contributed by atoms with Gasteiger partial charge in [0.15, 0.2) is 0 Å². The minimum atomic E-state index is 1.29. The van der Waals surface area contributed by atoms with E-state index in [1.54, 1.807) is 5.57 Å². The van der Waals surface area contributed by atoms with Crippen LogP contribution in [0.1, 0.15) is 111 Å². The predicted octanol–water partition coefficient (Wildman–Crippen LogP) is 7.43. The number of hydrogen-bond donors (Lipinski definition) is 0. The minimum Gasteiger partial charge on any atom is -0.0856 e. The molecule has 0 rings (SSSR count). The molecule has 0 aromatic carbocycles. The van der Waals surface area contributed by atoms with E-state index in [0.29, 0.717) is 0 Å². The fourth-order valence-corrected chi connectivity index (χ4v) is 2.65. The maximum atomic E-state index is 2.46. The van der Waals surface area contributed by atoms with Crippen molar-refractivity contribution in [3.63, 3.8) is 0 Å². The molecule has 0 aliphatic rings. The lowest BCUT2D eigenvalue weighted by Gasteiger charge is -2.02. The summed E-state index contributed by atoms with van der Waals surface area (Å²) in [6, 6.07) is 0. The van der Waals surface area contributed by atoms with E-state index in [1.165, 1.54) is 89.9 Å². The molecule has 0 aliphatic heterocycles. The first-order chi connectivity index (χ1) is 9.31. The van der Waals surface area contributed by atoms with Crippen molar-refractivity contribution in [3.05, 3.63) is 11.6 Å². The van der Waals surface area contributed by atoms with E-state index < -0.39 is 0 Å². The highest BCUT2D eigenvalue weighted by Crippen LogP contribution is 2.13. The summed E-state index contributed by atoms with van der Waals surface area (Å²) in [7, 11) is 0. The van der Waals surface area contributed by atoms with Crippen LogP contribution in [0.2, 0.25) is 0 Å². The van der Waals surface area contributed by atoms with Gasteiger partial charge in [0.2, 0.25) is 0 Å². The van der Waals surface area contributed by atoms with Crippen LogP contribution in [0.5, 0.6) is 0 Å². The van der Waals surface area contributed by atoms with Gasteiger partial charge in [-0.15, -0.1) is 0 Å². The van der Waals surface area contributed by atoms with Gasteiger partial charge in [-0.2, -0.15) is 0 Å². The van der Waals surface area contributed by atoms with Gasteiger partial charge >= 0.3 is 0 Å². The molecule has 0 heterocycles. The lowest BCUT2D eigenvalue weighted by atomic mass is 10.0. The van der Waals surface area contributed by atoms with E-state index >= 15 is 0 Å². The van der Waals surface area contributed by atoms with Gasteiger partial charge in [-0.3, -0.25) is 0 Å². The van der Waals surface area contributed by atoms with Crippen LogP contribution in [0.3, 0.4) is 0 Å². The number of hydrogen-bond acceptors (Lipinski definition) is 0. The standard InChI is InChI=1S/C19H38/c1-4-6-7-8-9-10-11-12-13-14-15-16-18-19(3)17-5-2/h18H,4-17H2,1-3H3/b19-18+. The average Bonchev–Trinajstić information content (AvgIpc) is 2.40. The van der Waals surface area contributed by atoms with Gasteiger partial charge in [-0.05, 0) is 26.2 Å². The van der Waals surface area contributed by atoms with Crippen LogP contribution in [-0.4, -0.2) is 0 Å². The Bertz CT molecular complexity index is 190. The minimum absolute atomic E-state index is 1.29. The smallest absolute Gasteiger partial charge is 0.0326 e. The second-order valence-electron chi connectivity index (χ2n) is 6.12. The number of unbranched alkanes of at least 4 members (excludes halogenated alkanes) is 11. The molecule has 0 N–H and O–H groups in total. The van der Waals surface area contributed by atoms with Crippen molar-refractivity contribution in [2.24, 2.45) is 0 Å². The van der Waals surface area contributed by atoms with E-state index in [9.17, 15) is 0 Å². The molecule has 0 atom stereocenters. The highest BCUT2D eigenvalue weighted by atomic mass is 14.0. The Morgan fingerprint density at radius 1 is 0.632 bits per heavy atom. The van der Waals surface area contributed by atoms with Crippen LogP contribution < -0.4 is 0 Å². The monoisotopic (exact) mass is 266 g/mol. The number of rotatable bonds is 14. The normalized spacial score (nSPS) is 12.1. The molecule has 0 fully saturated rings. The zero-order valence-electron chi connectivity index (χ0n) is 14.0. The Morgan fingerprint density at radius 3 is 1.58 bits per heavy atom. The van der Waals surface area contributed by atoms with Gasteiger partial charge in [-0.25, -0.2) is 0 Å². The average molecular weight is 267 g/mol. The van der Waals surface area contributed by atoms with Gasteiger partial charge in [0, 0.05) is 0 Å². The third-order valence-corrected chi connectivity index (χ3v) is 3.94. The number of allylic oxidation sites excluding steroid dienone is 2. The van der Waals surface area contributed by atoms with E-state index in [-0.39, 0.29) is 0 Å². The lowest BCUT2D eigenvalue weighted by Crippen LogP contribution is -1.82. The molecule has 0 bridgehead atoms. The summed E-state index contributed by atoms with van der Waals surface area (Å²) in [5.41, 5.74) is 1.59. The Morgan fingerprint density at radius 2 is 1.11 bits per heavy atom. The summed E-state index contributed by atoms with van der Waals surface area (Å²) in [5, 5.41) is 0. The molecule has 0 aromatic heterocycles. The highest BCUT2D eigenvalue weighted by molar-refractivity contribution is 4.97. The van der Waals surface area contributed by atoms with Crippen molar-refractivity contribution in [2.45, 2.75) is 111 Å². The third-order valence-electron chi connectivity index (χ3n) is 3.94. The van der Waals surface area contributed by atoms with Crippen molar-refractivity contribution in [3.8, 4) is 0 Å². The molecule has 0 radical (unpaired) electrons. The quantitative estimate of drug-likeness (QED) is 0.226. The first-order valence-electron chi connectivity index (χ1n) is 8.96. The third kappa shape index (κ3) is 15.7. The second-order valence-corrected chi connectivity index (χ2v) is 6.12. The van der Waals surface area contributed by atoms with E-state index in [0.717, 1.165) is 0 Å². The van der Waals surface area contributed by atoms with Gasteiger partial charge < -0.3 is 0 Å². The summed E-state index contributed by atoms with van der Waals surface area (Å²) >= 11 is 0. The van der Waals surface area contributed by atoms with Crippen molar-refractivity contribution in [1.82, 2.24) is 0 Å². The lowest BCUT2D eigenvalue weighted by molar-refractivity contribution is 0.550. The summed E-state index contributed by atoms with van der Waals surface area (Å²) in [5.74, 6) is 0. The first-order valence-corrected chi connectivity index (χ1v) is 8.96. The molecular formula is C19H38. The molecule has 0 amide bonds. The maximum absolute atomic E-state index is 2.46. The van der Waals surface area contributed by atoms with Gasteiger partial charge in [0.05, 0.1) is 0 Å².